The second kappa shape index (κ2) is 1.44. The molecule has 0 radical (unpaired) electrons. The van der Waals surface area contributed by atoms with Crippen LogP contribution in [0.3, 0.4) is 0 Å². The van der Waals surface area contributed by atoms with Crippen molar-refractivity contribution in [3.63, 3.8) is 0 Å². The van der Waals surface area contributed by atoms with Crippen LogP contribution in [0.5, 0.6) is 0 Å². The zero-order valence-corrected chi connectivity index (χ0v) is 6.23. The molecule has 2 aliphatic rings. The molecule has 0 bridgehead atoms. The highest BCUT2D eigenvalue weighted by molar-refractivity contribution is 5.92. The van der Waals surface area contributed by atoms with Gasteiger partial charge in [0, 0.05) is 5.92 Å². The molecule has 0 amide bonds. The summed E-state index contributed by atoms with van der Waals surface area (Å²) >= 11 is 0. The van der Waals surface area contributed by atoms with E-state index in [1.807, 2.05) is 13.8 Å². The molecular weight excluding hydrogens is 131 g/mol. The lowest BCUT2D eigenvalue weighted by molar-refractivity contribution is -0.124. The van der Waals surface area contributed by atoms with E-state index in [0.29, 0.717) is 12.3 Å². The molecule has 0 aromatic heterocycles. The molecule has 0 heterocycles. The predicted molar refractivity (Wildman–Crippen MR) is 35.3 cm³/mol. The van der Waals surface area contributed by atoms with E-state index in [-0.39, 0.29) is 17.1 Å². The van der Waals surface area contributed by atoms with Crippen molar-refractivity contribution in [1.29, 1.82) is 0 Å². The molecule has 10 heavy (non-hydrogen) atoms. The summed E-state index contributed by atoms with van der Waals surface area (Å²) in [4.78, 5) is 11.0. The van der Waals surface area contributed by atoms with Crippen LogP contribution in [0, 0.1) is 17.3 Å². The lowest BCUT2D eigenvalue weighted by Crippen LogP contribution is -2.17. The molecule has 0 saturated heterocycles. The molecule has 0 spiro atoms. The molecule has 2 fully saturated rings. The number of ketones is 1. The van der Waals surface area contributed by atoms with Crippen molar-refractivity contribution in [2.24, 2.45) is 17.3 Å². The van der Waals surface area contributed by atoms with Crippen LogP contribution in [0.15, 0.2) is 0 Å². The first-order valence-electron chi connectivity index (χ1n) is 3.73. The molecule has 3 atom stereocenters. The number of hydrogen-bond acceptors (Lipinski definition) is 1. The lowest BCUT2D eigenvalue weighted by atomic mass is 9.99. The van der Waals surface area contributed by atoms with Gasteiger partial charge in [-0.2, -0.15) is 0 Å². The van der Waals surface area contributed by atoms with E-state index >= 15 is 0 Å². The van der Waals surface area contributed by atoms with Crippen molar-refractivity contribution in [2.75, 3.05) is 0 Å². The zero-order chi connectivity index (χ0) is 7.52. The molecule has 0 aliphatic heterocycles. The van der Waals surface area contributed by atoms with Gasteiger partial charge in [-0.3, -0.25) is 4.79 Å². The van der Waals surface area contributed by atoms with Gasteiger partial charge in [0.25, 0.3) is 0 Å². The van der Waals surface area contributed by atoms with Crippen molar-refractivity contribution in [1.82, 2.24) is 0 Å². The van der Waals surface area contributed by atoms with E-state index in [1.54, 1.807) is 0 Å². The van der Waals surface area contributed by atoms with Gasteiger partial charge in [-0.15, -0.1) is 0 Å². The standard InChI is InChI=1S/C8H11FO/c1-8(2)4-3-5(9)7(10)6(4)8/h4-6H,3H2,1-2H3. The molecule has 56 valence electrons. The summed E-state index contributed by atoms with van der Waals surface area (Å²) in [6.45, 7) is 4.10. The summed E-state index contributed by atoms with van der Waals surface area (Å²) in [7, 11) is 0. The van der Waals surface area contributed by atoms with Crippen LogP contribution in [0.2, 0.25) is 0 Å². The Balaban J connectivity index is 2.21. The molecule has 1 nitrogen and oxygen atoms in total. The second-order valence-electron chi connectivity index (χ2n) is 4.01. The van der Waals surface area contributed by atoms with E-state index in [1.165, 1.54) is 0 Å². The Hall–Kier alpha value is -0.400. The fourth-order valence-corrected chi connectivity index (χ4v) is 2.28. The maximum Gasteiger partial charge on any atom is 0.170 e. The SMILES string of the molecule is CC1(C)C2CC(F)C(=O)C21. The summed E-state index contributed by atoms with van der Waals surface area (Å²) < 4.78 is 12.6. The Morgan fingerprint density at radius 3 is 2.50 bits per heavy atom. The minimum Gasteiger partial charge on any atom is -0.296 e. The molecular formula is C8H11FO. The largest absolute Gasteiger partial charge is 0.296 e. The number of Topliss-reactive ketones (excluding diaryl/α,β-unsaturated/α-hetero) is 1. The van der Waals surface area contributed by atoms with Gasteiger partial charge in [-0.1, -0.05) is 13.8 Å². The first kappa shape index (κ1) is 6.32. The Bertz CT molecular complexity index is 197. The fraction of sp³-hybridized carbons (Fsp3) is 0.875. The third-order valence-corrected chi connectivity index (χ3v) is 3.13. The Labute approximate surface area is 59.6 Å². The number of carbonyl (C=O) groups excluding carboxylic acids is 1. The highest BCUT2D eigenvalue weighted by Gasteiger charge is 2.67. The molecule has 2 heteroatoms. The van der Waals surface area contributed by atoms with E-state index in [9.17, 15) is 9.18 Å². The zero-order valence-electron chi connectivity index (χ0n) is 6.23. The highest BCUT2D eigenvalue weighted by atomic mass is 19.1. The summed E-state index contributed by atoms with van der Waals surface area (Å²) in [5.41, 5.74) is 0.125. The number of alkyl halides is 1. The van der Waals surface area contributed by atoms with Gasteiger partial charge in [0.15, 0.2) is 12.0 Å². The van der Waals surface area contributed by atoms with Gasteiger partial charge in [0.05, 0.1) is 0 Å². The topological polar surface area (TPSA) is 17.1 Å². The van der Waals surface area contributed by atoms with Gasteiger partial charge in [0.1, 0.15) is 0 Å². The third kappa shape index (κ3) is 0.505. The average molecular weight is 142 g/mol. The molecule has 0 N–H and O–H groups in total. The average Bonchev–Trinajstić information content (AvgIpc) is 2.12. The van der Waals surface area contributed by atoms with Crippen LogP contribution in [0.4, 0.5) is 4.39 Å². The van der Waals surface area contributed by atoms with Crippen molar-refractivity contribution in [3.05, 3.63) is 0 Å². The lowest BCUT2D eigenvalue weighted by Gasteiger charge is -2.08. The van der Waals surface area contributed by atoms with Crippen LogP contribution >= 0.6 is 0 Å². The first-order chi connectivity index (χ1) is 4.55. The number of fused-ring (bicyclic) bond motifs is 1. The molecule has 2 saturated carbocycles. The van der Waals surface area contributed by atoms with Crippen LogP contribution in [-0.2, 0) is 4.79 Å². The van der Waals surface area contributed by atoms with Gasteiger partial charge in [0.2, 0.25) is 0 Å². The molecule has 0 aromatic rings. The van der Waals surface area contributed by atoms with Crippen LogP contribution in [-0.4, -0.2) is 12.0 Å². The van der Waals surface area contributed by atoms with E-state index < -0.39 is 6.17 Å². The summed E-state index contributed by atoms with van der Waals surface area (Å²) in [5, 5.41) is 0. The quantitative estimate of drug-likeness (QED) is 0.501. The van der Waals surface area contributed by atoms with Crippen molar-refractivity contribution in [3.8, 4) is 0 Å². The minimum absolute atomic E-state index is 0.0579. The van der Waals surface area contributed by atoms with E-state index in [4.69, 9.17) is 0 Å². The van der Waals surface area contributed by atoms with Gasteiger partial charge < -0.3 is 0 Å². The summed E-state index contributed by atoms with van der Waals surface area (Å²) in [6, 6.07) is 0. The van der Waals surface area contributed by atoms with Crippen molar-refractivity contribution in [2.45, 2.75) is 26.4 Å². The monoisotopic (exact) mass is 142 g/mol. The maximum atomic E-state index is 12.6. The number of rotatable bonds is 0. The predicted octanol–water partition coefficient (Wildman–Crippen LogP) is 1.57. The molecule has 0 aromatic carbocycles. The summed E-state index contributed by atoms with van der Waals surface area (Å²) in [5.74, 6) is 0.271. The molecule has 3 unspecified atom stereocenters. The number of halogens is 1. The van der Waals surface area contributed by atoms with Crippen LogP contribution in [0.1, 0.15) is 20.3 Å². The number of carbonyl (C=O) groups is 1. The third-order valence-electron chi connectivity index (χ3n) is 3.13. The van der Waals surface area contributed by atoms with Crippen molar-refractivity contribution < 1.29 is 9.18 Å². The number of hydrogen-bond donors (Lipinski definition) is 0. The second-order valence-corrected chi connectivity index (χ2v) is 4.01. The normalized spacial score (nSPS) is 49.1. The Morgan fingerprint density at radius 2 is 2.20 bits per heavy atom. The Morgan fingerprint density at radius 1 is 1.60 bits per heavy atom. The van der Waals surface area contributed by atoms with E-state index in [0.717, 1.165) is 0 Å². The fourth-order valence-electron chi connectivity index (χ4n) is 2.28. The molecule has 2 rings (SSSR count). The Kier molecular flexibility index (Phi) is 0.907. The minimum atomic E-state index is -1.14. The van der Waals surface area contributed by atoms with E-state index in [2.05, 4.69) is 0 Å². The van der Waals surface area contributed by atoms with Gasteiger partial charge >= 0.3 is 0 Å². The highest BCUT2D eigenvalue weighted by Crippen LogP contribution is 2.65. The maximum absolute atomic E-state index is 12.6. The van der Waals surface area contributed by atoms with Crippen molar-refractivity contribution >= 4 is 5.78 Å². The smallest absolute Gasteiger partial charge is 0.170 e. The van der Waals surface area contributed by atoms with Gasteiger partial charge in [-0.25, -0.2) is 4.39 Å². The molecule has 2 aliphatic carbocycles. The summed E-state index contributed by atoms with van der Waals surface area (Å²) in [6.07, 6.45) is -0.653. The van der Waals surface area contributed by atoms with Crippen LogP contribution in [0.25, 0.3) is 0 Å². The van der Waals surface area contributed by atoms with Gasteiger partial charge in [-0.05, 0) is 17.8 Å². The van der Waals surface area contributed by atoms with Crippen LogP contribution < -0.4 is 0 Å². The first-order valence-corrected chi connectivity index (χ1v) is 3.73.